The lowest BCUT2D eigenvalue weighted by molar-refractivity contribution is -0.143. The van der Waals surface area contributed by atoms with Crippen LogP contribution in [0.3, 0.4) is 0 Å². The van der Waals surface area contributed by atoms with Gasteiger partial charge in [0.25, 0.3) is 0 Å². The molecule has 0 amide bonds. The lowest BCUT2D eigenvalue weighted by Crippen LogP contribution is -2.41. The van der Waals surface area contributed by atoms with Gasteiger partial charge in [0.2, 0.25) is 10.0 Å². The number of anilines is 1. The number of nitrogens with zero attached hydrogens (tertiary/aromatic N) is 1. The molecule has 0 saturated heterocycles. The highest BCUT2D eigenvalue weighted by atomic mass is 35.5. The topological polar surface area (TPSA) is 89.7 Å². The van der Waals surface area contributed by atoms with E-state index < -0.39 is 22.0 Å². The van der Waals surface area contributed by atoms with E-state index >= 15 is 0 Å². The van der Waals surface area contributed by atoms with Gasteiger partial charge in [-0.2, -0.15) is 4.31 Å². The van der Waals surface area contributed by atoms with E-state index in [1.165, 1.54) is 18.2 Å². The minimum Gasteiger partial charge on any atom is -0.465 e. The molecule has 0 aliphatic rings. The van der Waals surface area contributed by atoms with Crippen LogP contribution < -0.4 is 5.73 Å². The summed E-state index contributed by atoms with van der Waals surface area (Å²) in [6.07, 6.45) is 0. The van der Waals surface area contributed by atoms with Crippen LogP contribution in [-0.4, -0.2) is 37.9 Å². The fraction of sp³-hybridized carbons (Fsp3) is 0.462. The van der Waals surface area contributed by atoms with Crippen LogP contribution in [-0.2, 0) is 19.6 Å². The molecule has 6 nitrogen and oxygen atoms in total. The van der Waals surface area contributed by atoms with Crippen molar-refractivity contribution in [2.75, 3.05) is 18.9 Å². The third-order valence-corrected chi connectivity index (χ3v) is 5.04. The summed E-state index contributed by atoms with van der Waals surface area (Å²) in [7, 11) is -3.94. The average molecular weight is 335 g/mol. The smallest absolute Gasteiger partial charge is 0.321 e. The maximum absolute atomic E-state index is 12.7. The summed E-state index contributed by atoms with van der Waals surface area (Å²) in [5.74, 6) is -0.615. The quantitative estimate of drug-likeness (QED) is 0.633. The van der Waals surface area contributed by atoms with Crippen LogP contribution in [0.15, 0.2) is 23.1 Å². The van der Waals surface area contributed by atoms with Crippen LogP contribution >= 0.6 is 11.6 Å². The Balaban J connectivity index is 3.22. The molecule has 2 N–H and O–H groups in total. The Morgan fingerprint density at radius 3 is 2.57 bits per heavy atom. The Hall–Kier alpha value is -1.31. The molecule has 0 radical (unpaired) electrons. The number of rotatable bonds is 6. The van der Waals surface area contributed by atoms with Crippen LogP contribution in [0, 0.1) is 0 Å². The minimum atomic E-state index is -3.94. The summed E-state index contributed by atoms with van der Waals surface area (Å²) in [6, 6.07) is 3.75. The monoisotopic (exact) mass is 334 g/mol. The number of nitrogens with two attached hydrogens (primary N) is 1. The van der Waals surface area contributed by atoms with Gasteiger partial charge >= 0.3 is 5.97 Å². The van der Waals surface area contributed by atoms with Crippen LogP contribution in [0.2, 0.25) is 5.02 Å². The Bertz CT molecular complexity index is 617. The van der Waals surface area contributed by atoms with Crippen molar-refractivity contribution in [3.05, 3.63) is 23.2 Å². The summed E-state index contributed by atoms with van der Waals surface area (Å²) < 4.78 is 31.2. The summed E-state index contributed by atoms with van der Waals surface area (Å²) in [6.45, 7) is 4.79. The van der Waals surface area contributed by atoms with Crippen molar-refractivity contribution in [2.45, 2.75) is 31.7 Å². The number of benzene rings is 1. The number of halogens is 1. The predicted octanol–water partition coefficient (Wildman–Crippen LogP) is 1.88. The molecular formula is C13H19ClN2O4S. The molecule has 21 heavy (non-hydrogen) atoms. The molecule has 0 atom stereocenters. The summed E-state index contributed by atoms with van der Waals surface area (Å²) in [4.78, 5) is 11.5. The molecule has 1 aromatic carbocycles. The minimum absolute atomic E-state index is 0.0777. The molecule has 0 aliphatic heterocycles. The van der Waals surface area contributed by atoms with Gasteiger partial charge in [-0.05, 0) is 39.0 Å². The van der Waals surface area contributed by atoms with E-state index in [2.05, 4.69) is 0 Å². The first-order valence-electron chi connectivity index (χ1n) is 6.42. The highest BCUT2D eigenvalue weighted by molar-refractivity contribution is 7.89. The van der Waals surface area contributed by atoms with E-state index in [9.17, 15) is 13.2 Å². The molecule has 0 aromatic heterocycles. The van der Waals surface area contributed by atoms with Gasteiger partial charge in [-0.25, -0.2) is 8.42 Å². The maximum Gasteiger partial charge on any atom is 0.321 e. The third-order valence-electron chi connectivity index (χ3n) is 2.73. The number of sulfonamides is 1. The second-order valence-corrected chi connectivity index (χ2v) is 6.93. The number of hydrogen-bond acceptors (Lipinski definition) is 5. The van der Waals surface area contributed by atoms with Crippen molar-refractivity contribution in [1.82, 2.24) is 4.31 Å². The van der Waals surface area contributed by atoms with Crippen LogP contribution in [0.1, 0.15) is 20.8 Å². The second kappa shape index (κ2) is 7.11. The molecule has 1 rings (SSSR count). The Kier molecular flexibility index (Phi) is 6.00. The second-order valence-electron chi connectivity index (χ2n) is 4.63. The molecule has 0 saturated carbocycles. The largest absolute Gasteiger partial charge is 0.465 e. The van der Waals surface area contributed by atoms with E-state index in [1.54, 1.807) is 20.8 Å². The number of carbonyl (C=O) groups excluding carboxylic acids is 1. The van der Waals surface area contributed by atoms with E-state index in [4.69, 9.17) is 22.1 Å². The van der Waals surface area contributed by atoms with E-state index in [0.717, 1.165) is 4.31 Å². The van der Waals surface area contributed by atoms with Gasteiger partial charge in [-0.3, -0.25) is 4.79 Å². The van der Waals surface area contributed by atoms with Gasteiger partial charge < -0.3 is 10.5 Å². The van der Waals surface area contributed by atoms with Gasteiger partial charge in [-0.1, -0.05) is 11.6 Å². The molecule has 1 aromatic rings. The van der Waals surface area contributed by atoms with Gasteiger partial charge in [0.15, 0.2) is 0 Å². The van der Waals surface area contributed by atoms with E-state index in [1.807, 2.05) is 0 Å². The molecule has 0 unspecified atom stereocenters. The number of carbonyl (C=O) groups is 1. The van der Waals surface area contributed by atoms with Crippen molar-refractivity contribution < 1.29 is 17.9 Å². The molecular weight excluding hydrogens is 316 g/mol. The standard InChI is InChI=1S/C13H19ClN2O4S/c1-4-20-13(17)8-16(9(2)3)21(18,19)12-7-10(14)5-6-11(12)15/h5-7,9H,4,8,15H2,1-3H3. The highest BCUT2D eigenvalue weighted by Crippen LogP contribution is 2.26. The summed E-state index contributed by atoms with van der Waals surface area (Å²) in [5.41, 5.74) is 5.80. The molecule has 0 heterocycles. The zero-order valence-corrected chi connectivity index (χ0v) is 13.7. The number of nitrogen functional groups attached to an aromatic ring is 1. The fourth-order valence-corrected chi connectivity index (χ4v) is 3.70. The molecule has 0 spiro atoms. The zero-order valence-electron chi connectivity index (χ0n) is 12.2. The van der Waals surface area contributed by atoms with Crippen molar-refractivity contribution >= 4 is 33.3 Å². The van der Waals surface area contributed by atoms with Gasteiger partial charge in [-0.15, -0.1) is 0 Å². The lowest BCUT2D eigenvalue weighted by atomic mass is 10.3. The van der Waals surface area contributed by atoms with Crippen molar-refractivity contribution in [2.24, 2.45) is 0 Å². The summed E-state index contributed by atoms with van der Waals surface area (Å²) >= 11 is 5.83. The predicted molar refractivity (Wildman–Crippen MR) is 81.5 cm³/mol. The van der Waals surface area contributed by atoms with E-state index in [-0.39, 0.29) is 28.8 Å². The Labute approximate surface area is 129 Å². The maximum atomic E-state index is 12.7. The Morgan fingerprint density at radius 1 is 1.43 bits per heavy atom. The van der Waals surface area contributed by atoms with Crippen LogP contribution in [0.5, 0.6) is 0 Å². The van der Waals surface area contributed by atoms with Crippen LogP contribution in [0.4, 0.5) is 5.69 Å². The first-order valence-corrected chi connectivity index (χ1v) is 8.24. The number of hydrogen-bond donors (Lipinski definition) is 1. The van der Waals surface area contributed by atoms with Gasteiger partial charge in [0.1, 0.15) is 11.4 Å². The summed E-state index contributed by atoms with van der Waals surface area (Å²) in [5, 5.41) is 0.252. The average Bonchev–Trinajstić information content (AvgIpc) is 2.38. The zero-order chi connectivity index (χ0) is 16.2. The SMILES string of the molecule is CCOC(=O)CN(C(C)C)S(=O)(=O)c1cc(Cl)ccc1N. The van der Waals surface area contributed by atoms with Crippen molar-refractivity contribution in [1.29, 1.82) is 0 Å². The molecule has 0 aliphatic carbocycles. The third kappa shape index (κ3) is 4.33. The molecule has 118 valence electrons. The molecule has 8 heteroatoms. The van der Waals surface area contributed by atoms with Crippen LogP contribution in [0.25, 0.3) is 0 Å². The first kappa shape index (κ1) is 17.7. The first-order chi connectivity index (χ1) is 9.70. The van der Waals surface area contributed by atoms with Crippen molar-refractivity contribution in [3.8, 4) is 0 Å². The fourth-order valence-electron chi connectivity index (χ4n) is 1.74. The molecule has 0 fully saturated rings. The normalized spacial score (nSPS) is 11.9. The highest BCUT2D eigenvalue weighted by Gasteiger charge is 2.31. The van der Waals surface area contributed by atoms with E-state index in [0.29, 0.717) is 0 Å². The molecule has 0 bridgehead atoms. The van der Waals surface area contributed by atoms with Gasteiger partial charge in [0.05, 0.1) is 12.3 Å². The van der Waals surface area contributed by atoms with Crippen molar-refractivity contribution in [3.63, 3.8) is 0 Å². The lowest BCUT2D eigenvalue weighted by Gasteiger charge is -2.25. The van der Waals surface area contributed by atoms with Gasteiger partial charge in [0, 0.05) is 11.1 Å². The Morgan fingerprint density at radius 2 is 2.05 bits per heavy atom. The number of ether oxygens (including phenoxy) is 1. The number of esters is 1.